The number of rotatable bonds is 1. The van der Waals surface area contributed by atoms with Crippen molar-refractivity contribution in [3.8, 4) is 0 Å². The highest BCUT2D eigenvalue weighted by Gasteiger charge is 2.21. The van der Waals surface area contributed by atoms with E-state index in [4.69, 9.17) is 0 Å². The molecule has 90 valence electrons. The largest absolute Gasteiger partial charge is 0.346 e. The van der Waals surface area contributed by atoms with E-state index in [-0.39, 0.29) is 5.41 Å². The van der Waals surface area contributed by atoms with Crippen LogP contribution in [0.2, 0.25) is 0 Å². The van der Waals surface area contributed by atoms with Crippen molar-refractivity contribution in [3.05, 3.63) is 11.1 Å². The van der Waals surface area contributed by atoms with Gasteiger partial charge in [-0.1, -0.05) is 20.8 Å². The third kappa shape index (κ3) is 2.55. The average Bonchev–Trinajstić information content (AvgIpc) is 2.67. The van der Waals surface area contributed by atoms with Crippen molar-refractivity contribution in [1.82, 2.24) is 9.88 Å². The van der Waals surface area contributed by atoms with Gasteiger partial charge < -0.3 is 9.80 Å². The summed E-state index contributed by atoms with van der Waals surface area (Å²) >= 11 is 1.84. The molecule has 2 rings (SSSR count). The first-order valence-electron chi connectivity index (χ1n) is 5.86. The molecule has 1 saturated heterocycles. The standard InChI is InChI=1S/C12H21N3S/c1-12(2,3)10-9-13-11(16-10)15-7-5-14(4)6-8-15/h9H,5-8H2,1-4H3. The van der Waals surface area contributed by atoms with Crippen molar-refractivity contribution >= 4 is 16.5 Å². The second-order valence-electron chi connectivity index (χ2n) is 5.55. The molecule has 0 aromatic carbocycles. The highest BCUT2D eigenvalue weighted by molar-refractivity contribution is 7.15. The Bertz CT molecular complexity index is 345. The first-order chi connectivity index (χ1) is 7.47. The van der Waals surface area contributed by atoms with Crippen LogP contribution in [0.25, 0.3) is 0 Å². The molecule has 1 aliphatic heterocycles. The summed E-state index contributed by atoms with van der Waals surface area (Å²) in [7, 11) is 2.18. The summed E-state index contributed by atoms with van der Waals surface area (Å²) in [5, 5.41) is 1.19. The summed E-state index contributed by atoms with van der Waals surface area (Å²) in [6.07, 6.45) is 2.04. The van der Waals surface area contributed by atoms with E-state index < -0.39 is 0 Å². The van der Waals surface area contributed by atoms with Crippen LogP contribution in [0.15, 0.2) is 6.20 Å². The number of anilines is 1. The molecule has 1 aromatic rings. The number of hydrogen-bond acceptors (Lipinski definition) is 4. The monoisotopic (exact) mass is 239 g/mol. The van der Waals surface area contributed by atoms with Gasteiger partial charge in [-0.05, 0) is 12.5 Å². The molecule has 0 saturated carbocycles. The Labute approximate surface area is 102 Å². The molecule has 16 heavy (non-hydrogen) atoms. The van der Waals surface area contributed by atoms with Gasteiger partial charge in [-0.3, -0.25) is 0 Å². The predicted octanol–water partition coefficient (Wildman–Crippen LogP) is 2.19. The van der Waals surface area contributed by atoms with Crippen LogP contribution >= 0.6 is 11.3 Å². The van der Waals surface area contributed by atoms with Gasteiger partial charge in [-0.25, -0.2) is 4.98 Å². The molecule has 0 atom stereocenters. The zero-order valence-corrected chi connectivity index (χ0v) is 11.5. The lowest BCUT2D eigenvalue weighted by Crippen LogP contribution is -2.44. The van der Waals surface area contributed by atoms with Crippen LogP contribution < -0.4 is 4.90 Å². The molecule has 1 aromatic heterocycles. The summed E-state index contributed by atoms with van der Waals surface area (Å²) < 4.78 is 0. The minimum atomic E-state index is 0.225. The Balaban J connectivity index is 2.08. The van der Waals surface area contributed by atoms with Crippen LogP contribution in [0.4, 0.5) is 5.13 Å². The highest BCUT2D eigenvalue weighted by atomic mass is 32.1. The van der Waals surface area contributed by atoms with E-state index in [1.54, 1.807) is 0 Å². The molecular formula is C12H21N3S. The summed E-state index contributed by atoms with van der Waals surface area (Å²) in [5.41, 5.74) is 0.225. The van der Waals surface area contributed by atoms with Gasteiger partial charge in [0.25, 0.3) is 0 Å². The average molecular weight is 239 g/mol. The fourth-order valence-electron chi connectivity index (χ4n) is 1.76. The minimum absolute atomic E-state index is 0.225. The molecule has 0 bridgehead atoms. The number of hydrogen-bond donors (Lipinski definition) is 0. The molecule has 0 aliphatic carbocycles. The van der Waals surface area contributed by atoms with Crippen LogP contribution in [0.3, 0.4) is 0 Å². The maximum absolute atomic E-state index is 4.56. The third-order valence-electron chi connectivity index (χ3n) is 3.01. The Morgan fingerprint density at radius 1 is 1.19 bits per heavy atom. The fraction of sp³-hybridized carbons (Fsp3) is 0.750. The van der Waals surface area contributed by atoms with Gasteiger partial charge in [-0.15, -0.1) is 11.3 Å². The van der Waals surface area contributed by atoms with E-state index in [9.17, 15) is 0 Å². The fourth-order valence-corrected chi connectivity index (χ4v) is 2.78. The quantitative estimate of drug-likeness (QED) is 0.749. The lowest BCUT2D eigenvalue weighted by molar-refractivity contribution is 0.313. The van der Waals surface area contributed by atoms with Crippen LogP contribution in [0.1, 0.15) is 25.6 Å². The van der Waals surface area contributed by atoms with Gasteiger partial charge in [-0.2, -0.15) is 0 Å². The van der Waals surface area contributed by atoms with E-state index >= 15 is 0 Å². The number of piperazine rings is 1. The summed E-state index contributed by atoms with van der Waals surface area (Å²) in [4.78, 5) is 10.7. The van der Waals surface area contributed by atoms with Crippen LogP contribution in [-0.4, -0.2) is 43.1 Å². The maximum atomic E-state index is 4.56. The van der Waals surface area contributed by atoms with Crippen LogP contribution in [0, 0.1) is 0 Å². The Morgan fingerprint density at radius 2 is 1.81 bits per heavy atom. The van der Waals surface area contributed by atoms with Crippen LogP contribution in [0.5, 0.6) is 0 Å². The van der Waals surface area contributed by atoms with Crippen molar-refractivity contribution in [2.45, 2.75) is 26.2 Å². The van der Waals surface area contributed by atoms with Crippen molar-refractivity contribution in [2.75, 3.05) is 38.1 Å². The second kappa shape index (κ2) is 4.34. The van der Waals surface area contributed by atoms with Crippen molar-refractivity contribution in [1.29, 1.82) is 0 Å². The van der Waals surface area contributed by atoms with Crippen LogP contribution in [-0.2, 0) is 5.41 Å². The van der Waals surface area contributed by atoms with Gasteiger partial charge >= 0.3 is 0 Å². The van der Waals surface area contributed by atoms with Crippen molar-refractivity contribution in [3.63, 3.8) is 0 Å². The SMILES string of the molecule is CN1CCN(c2ncc(C(C)(C)C)s2)CC1. The molecule has 4 heteroatoms. The van der Waals surface area contributed by atoms with Gasteiger partial charge in [0, 0.05) is 37.3 Å². The van der Waals surface area contributed by atoms with E-state index in [1.165, 1.54) is 10.0 Å². The molecule has 3 nitrogen and oxygen atoms in total. The minimum Gasteiger partial charge on any atom is -0.346 e. The number of likely N-dealkylation sites (N-methyl/N-ethyl adjacent to an activating group) is 1. The van der Waals surface area contributed by atoms with Gasteiger partial charge in [0.1, 0.15) is 0 Å². The molecule has 0 N–H and O–H groups in total. The molecule has 1 aliphatic rings. The third-order valence-corrected chi connectivity index (χ3v) is 4.49. The van der Waals surface area contributed by atoms with Gasteiger partial charge in [0.05, 0.1) is 0 Å². The number of nitrogens with zero attached hydrogens (tertiary/aromatic N) is 3. The normalized spacial score (nSPS) is 19.1. The smallest absolute Gasteiger partial charge is 0.185 e. The number of thiazole rings is 1. The topological polar surface area (TPSA) is 19.4 Å². The highest BCUT2D eigenvalue weighted by Crippen LogP contribution is 2.32. The number of aromatic nitrogens is 1. The zero-order valence-electron chi connectivity index (χ0n) is 10.7. The zero-order chi connectivity index (χ0) is 11.8. The second-order valence-corrected chi connectivity index (χ2v) is 6.56. The molecule has 0 spiro atoms. The molecule has 2 heterocycles. The summed E-state index contributed by atoms with van der Waals surface area (Å²) in [6.45, 7) is 11.2. The first-order valence-corrected chi connectivity index (χ1v) is 6.68. The lowest BCUT2D eigenvalue weighted by atomic mass is 9.96. The molecule has 0 amide bonds. The van der Waals surface area contributed by atoms with Crippen molar-refractivity contribution in [2.24, 2.45) is 0 Å². The predicted molar refractivity (Wildman–Crippen MR) is 70.5 cm³/mol. The first kappa shape index (κ1) is 11.9. The maximum Gasteiger partial charge on any atom is 0.185 e. The molecular weight excluding hydrogens is 218 g/mol. The van der Waals surface area contributed by atoms with E-state index in [2.05, 4.69) is 42.6 Å². The summed E-state index contributed by atoms with van der Waals surface area (Å²) in [5.74, 6) is 0. The lowest BCUT2D eigenvalue weighted by Gasteiger charge is -2.32. The van der Waals surface area contributed by atoms with E-state index in [1.807, 2.05) is 17.5 Å². The van der Waals surface area contributed by atoms with E-state index in [0.717, 1.165) is 26.2 Å². The van der Waals surface area contributed by atoms with E-state index in [0.29, 0.717) is 0 Å². The Hall–Kier alpha value is -0.610. The summed E-state index contributed by atoms with van der Waals surface area (Å²) in [6, 6.07) is 0. The molecule has 0 unspecified atom stereocenters. The Kier molecular flexibility index (Phi) is 3.22. The van der Waals surface area contributed by atoms with Gasteiger partial charge in [0.2, 0.25) is 0 Å². The Morgan fingerprint density at radius 3 is 2.31 bits per heavy atom. The van der Waals surface area contributed by atoms with Gasteiger partial charge in [0.15, 0.2) is 5.13 Å². The molecule has 0 radical (unpaired) electrons. The molecule has 1 fully saturated rings. The van der Waals surface area contributed by atoms with Crippen molar-refractivity contribution < 1.29 is 0 Å².